The van der Waals surface area contributed by atoms with E-state index in [1.54, 1.807) is 6.92 Å². The molecule has 0 aromatic carbocycles. The smallest absolute Gasteiger partial charge is 0.318 e. The van der Waals surface area contributed by atoms with E-state index in [4.69, 9.17) is 10.2 Å². The molecule has 0 aromatic rings. The Hall–Kier alpha value is -2.05. The molecule has 0 unspecified atom stereocenters. The number of carboxylic acids is 2. The van der Waals surface area contributed by atoms with Gasteiger partial charge in [0.15, 0.2) is 5.92 Å². The van der Waals surface area contributed by atoms with Gasteiger partial charge < -0.3 is 10.2 Å². The summed E-state index contributed by atoms with van der Waals surface area (Å²) >= 11 is 0. The molecule has 0 heterocycles. The third kappa shape index (κ3) is 7.40. The van der Waals surface area contributed by atoms with Gasteiger partial charge >= 0.3 is 11.9 Å². The minimum absolute atomic E-state index is 0.0403. The van der Waals surface area contributed by atoms with E-state index < -0.39 is 30.1 Å². The summed E-state index contributed by atoms with van der Waals surface area (Å²) < 4.78 is 0. The molecule has 0 rings (SSSR count). The molecule has 0 amide bonds. The van der Waals surface area contributed by atoms with Crippen molar-refractivity contribution in [3.05, 3.63) is 0 Å². The predicted octanol–water partition coefficient (Wildman–Crippen LogP) is 0.840. The maximum atomic E-state index is 11.4. The number of ketones is 3. The molecule has 0 atom stereocenters. The third-order valence-electron chi connectivity index (χ3n) is 2.79. The van der Waals surface area contributed by atoms with E-state index in [0.717, 1.165) is 0 Å². The number of Topliss-reactive ketones (excluding diaryl/α,β-unsaturated/α-hetero) is 3. The normalized spacial score (nSPS) is 10.3. The highest BCUT2D eigenvalue weighted by Gasteiger charge is 2.28. The van der Waals surface area contributed by atoms with Gasteiger partial charge in [-0.15, -0.1) is 0 Å². The molecular formula is C13H18O7. The Morgan fingerprint density at radius 2 is 1.15 bits per heavy atom. The second kappa shape index (κ2) is 8.95. The molecule has 0 aliphatic heterocycles. The number of carbonyl (C=O) groups excluding carboxylic acids is 3. The van der Waals surface area contributed by atoms with Crippen LogP contribution in [0.2, 0.25) is 0 Å². The first-order valence-corrected chi connectivity index (χ1v) is 6.28. The van der Waals surface area contributed by atoms with E-state index in [1.165, 1.54) is 0 Å². The van der Waals surface area contributed by atoms with E-state index in [1.807, 2.05) is 0 Å². The number of hydrogen-bond donors (Lipinski definition) is 2. The summed E-state index contributed by atoms with van der Waals surface area (Å²) in [5.41, 5.74) is 0. The van der Waals surface area contributed by atoms with E-state index in [9.17, 15) is 24.0 Å². The second-order valence-electron chi connectivity index (χ2n) is 4.40. The van der Waals surface area contributed by atoms with Crippen molar-refractivity contribution in [3.8, 4) is 0 Å². The molecule has 7 heteroatoms. The fourth-order valence-electron chi connectivity index (χ4n) is 1.47. The van der Waals surface area contributed by atoms with Gasteiger partial charge in [0.05, 0.1) is 0 Å². The van der Waals surface area contributed by atoms with Gasteiger partial charge in [-0.1, -0.05) is 6.92 Å². The SMILES string of the molecule is CCC(=O)CCC(=O)CCC(=O)CC(C(=O)O)C(=O)O. The Morgan fingerprint density at radius 3 is 1.55 bits per heavy atom. The van der Waals surface area contributed by atoms with Crippen molar-refractivity contribution in [2.75, 3.05) is 0 Å². The zero-order valence-corrected chi connectivity index (χ0v) is 11.3. The van der Waals surface area contributed by atoms with Crippen LogP contribution >= 0.6 is 0 Å². The first-order valence-electron chi connectivity index (χ1n) is 6.28. The van der Waals surface area contributed by atoms with Gasteiger partial charge in [0.25, 0.3) is 0 Å². The lowest BCUT2D eigenvalue weighted by Gasteiger charge is -2.06. The van der Waals surface area contributed by atoms with E-state index in [0.29, 0.717) is 6.42 Å². The minimum Gasteiger partial charge on any atom is -0.481 e. The van der Waals surface area contributed by atoms with Gasteiger partial charge in [-0.3, -0.25) is 24.0 Å². The average molecular weight is 286 g/mol. The Kier molecular flexibility index (Phi) is 8.03. The topological polar surface area (TPSA) is 126 Å². The molecule has 0 aliphatic rings. The van der Waals surface area contributed by atoms with Crippen molar-refractivity contribution in [2.45, 2.75) is 45.4 Å². The number of rotatable bonds is 11. The van der Waals surface area contributed by atoms with Crippen molar-refractivity contribution in [2.24, 2.45) is 5.92 Å². The molecule has 0 aliphatic carbocycles. The van der Waals surface area contributed by atoms with Gasteiger partial charge in [0.2, 0.25) is 0 Å². The van der Waals surface area contributed by atoms with Gasteiger partial charge in [-0.25, -0.2) is 0 Å². The summed E-state index contributed by atoms with van der Waals surface area (Å²) in [6.45, 7) is 1.69. The maximum absolute atomic E-state index is 11.4. The largest absolute Gasteiger partial charge is 0.481 e. The Labute approximate surface area is 116 Å². The van der Waals surface area contributed by atoms with Crippen LogP contribution in [0.3, 0.4) is 0 Å². The van der Waals surface area contributed by atoms with Crippen LogP contribution in [0.25, 0.3) is 0 Å². The van der Waals surface area contributed by atoms with Crippen LogP contribution in [0.4, 0.5) is 0 Å². The highest BCUT2D eigenvalue weighted by molar-refractivity contribution is 5.98. The van der Waals surface area contributed by atoms with Crippen LogP contribution in [-0.2, 0) is 24.0 Å². The second-order valence-corrected chi connectivity index (χ2v) is 4.40. The molecule has 0 saturated heterocycles. The number of aliphatic carboxylic acids is 2. The van der Waals surface area contributed by atoms with Crippen LogP contribution in [0.1, 0.15) is 45.4 Å². The summed E-state index contributed by atoms with van der Waals surface area (Å²) in [6, 6.07) is 0. The molecule has 0 saturated carbocycles. The number of hydrogen-bond acceptors (Lipinski definition) is 5. The Bertz CT molecular complexity index is 397. The van der Waals surface area contributed by atoms with Gasteiger partial charge in [-0.05, 0) is 0 Å². The summed E-state index contributed by atoms with van der Waals surface area (Å²) in [6.07, 6.45) is -0.382. The lowest BCUT2D eigenvalue weighted by atomic mass is 9.98. The summed E-state index contributed by atoms with van der Waals surface area (Å²) in [7, 11) is 0. The van der Waals surface area contributed by atoms with Gasteiger partial charge in [0.1, 0.15) is 17.3 Å². The Morgan fingerprint density at radius 1 is 0.750 bits per heavy atom. The summed E-state index contributed by atoms with van der Waals surface area (Å²) in [5, 5.41) is 17.2. The molecular weight excluding hydrogens is 268 g/mol. The highest BCUT2D eigenvalue weighted by atomic mass is 16.4. The quantitative estimate of drug-likeness (QED) is 0.539. The molecule has 20 heavy (non-hydrogen) atoms. The first-order chi connectivity index (χ1) is 9.27. The average Bonchev–Trinajstić information content (AvgIpc) is 2.38. The van der Waals surface area contributed by atoms with Crippen LogP contribution < -0.4 is 0 Å². The van der Waals surface area contributed by atoms with E-state index in [2.05, 4.69) is 0 Å². The molecule has 0 fully saturated rings. The van der Waals surface area contributed by atoms with Crippen LogP contribution in [0.15, 0.2) is 0 Å². The maximum Gasteiger partial charge on any atom is 0.318 e. The lowest BCUT2D eigenvalue weighted by Crippen LogP contribution is -2.26. The number of carboxylic acid groups (broad SMARTS) is 2. The van der Waals surface area contributed by atoms with Crippen LogP contribution in [-0.4, -0.2) is 39.5 Å². The zero-order valence-electron chi connectivity index (χ0n) is 11.3. The van der Waals surface area contributed by atoms with Crippen LogP contribution in [0.5, 0.6) is 0 Å². The van der Waals surface area contributed by atoms with E-state index >= 15 is 0 Å². The molecule has 2 N–H and O–H groups in total. The van der Waals surface area contributed by atoms with Gasteiger partial charge in [-0.2, -0.15) is 0 Å². The molecule has 0 spiro atoms. The standard InChI is InChI=1S/C13H18O7/c1-2-8(14)3-4-9(15)5-6-10(16)7-11(12(17)18)13(19)20/h11H,2-7H2,1H3,(H,17,18)(H,19,20). The first kappa shape index (κ1) is 17.9. The fraction of sp³-hybridized carbons (Fsp3) is 0.615. The molecule has 0 bridgehead atoms. The lowest BCUT2D eigenvalue weighted by molar-refractivity contribution is -0.156. The molecule has 0 radical (unpaired) electrons. The van der Waals surface area contributed by atoms with Crippen molar-refractivity contribution >= 4 is 29.3 Å². The molecule has 7 nitrogen and oxygen atoms in total. The molecule has 112 valence electrons. The third-order valence-corrected chi connectivity index (χ3v) is 2.79. The number of carbonyl (C=O) groups is 5. The van der Waals surface area contributed by atoms with Crippen molar-refractivity contribution in [3.63, 3.8) is 0 Å². The fourth-order valence-corrected chi connectivity index (χ4v) is 1.47. The summed E-state index contributed by atoms with van der Waals surface area (Å²) in [5.74, 6) is -5.82. The Balaban J connectivity index is 4.10. The van der Waals surface area contributed by atoms with Crippen molar-refractivity contribution in [1.82, 2.24) is 0 Å². The molecule has 0 aromatic heterocycles. The zero-order chi connectivity index (χ0) is 15.7. The monoisotopic (exact) mass is 286 g/mol. The van der Waals surface area contributed by atoms with Crippen molar-refractivity contribution in [1.29, 1.82) is 0 Å². The van der Waals surface area contributed by atoms with E-state index in [-0.39, 0.29) is 37.2 Å². The van der Waals surface area contributed by atoms with Crippen molar-refractivity contribution < 1.29 is 34.2 Å². The predicted molar refractivity (Wildman–Crippen MR) is 67.2 cm³/mol. The minimum atomic E-state index is -1.78. The van der Waals surface area contributed by atoms with Gasteiger partial charge in [0, 0.05) is 38.5 Å². The summed E-state index contributed by atoms with van der Waals surface area (Å²) in [4.78, 5) is 55.0. The highest BCUT2D eigenvalue weighted by Crippen LogP contribution is 2.09. The van der Waals surface area contributed by atoms with Crippen LogP contribution in [0, 0.1) is 5.92 Å².